The number of carbonyl (C=O) groups excluding carboxylic acids is 4. The molecule has 4 amide bonds. The minimum Gasteiger partial charge on any atom is -0.726 e. The van der Waals surface area contributed by atoms with Gasteiger partial charge in [-0.05, 0) is 56.2 Å². The van der Waals surface area contributed by atoms with Crippen LogP contribution in [0.3, 0.4) is 0 Å². The fourth-order valence-corrected chi connectivity index (χ4v) is 9.95. The minimum absolute atomic E-state index is 0.159. The van der Waals surface area contributed by atoms with Crippen LogP contribution >= 0.6 is 0 Å². The number of carbonyl (C=O) groups is 4. The monoisotopic (exact) mass is 1140 g/mol. The number of allylic oxidation sites excluding steroid dienone is 2. The maximum Gasteiger partial charge on any atom is 0.251 e. The van der Waals surface area contributed by atoms with Crippen LogP contribution in [0, 0.1) is 0 Å². The van der Waals surface area contributed by atoms with Crippen molar-refractivity contribution < 1.29 is 115 Å². The lowest BCUT2D eigenvalue weighted by atomic mass is 9.93. The fraction of sp³-hybridized carbons (Fsp3) is 0.755. The molecular formula is C49H77N4O24S-. The van der Waals surface area contributed by atoms with E-state index in [1.807, 2.05) is 0 Å². The van der Waals surface area contributed by atoms with E-state index in [-0.39, 0.29) is 5.56 Å². The first kappa shape index (κ1) is 64.9. The molecule has 4 aliphatic heterocycles. The van der Waals surface area contributed by atoms with Gasteiger partial charge < -0.3 is 105 Å². The van der Waals surface area contributed by atoms with Crippen molar-refractivity contribution in [1.82, 2.24) is 21.3 Å². The zero-order valence-electron chi connectivity index (χ0n) is 43.8. The zero-order valence-corrected chi connectivity index (χ0v) is 44.6. The Bertz CT molecular complexity index is 2200. The summed E-state index contributed by atoms with van der Waals surface area (Å²) in [5, 5.41) is 109. The van der Waals surface area contributed by atoms with Crippen LogP contribution in [0.5, 0.6) is 0 Å². The Labute approximate surface area is 451 Å². The van der Waals surface area contributed by atoms with Crippen molar-refractivity contribution in [2.45, 2.75) is 208 Å². The van der Waals surface area contributed by atoms with E-state index in [0.717, 1.165) is 58.4 Å². The quantitative estimate of drug-likeness (QED) is 0.0172. The van der Waals surface area contributed by atoms with E-state index in [4.69, 9.17) is 33.2 Å². The second-order valence-corrected chi connectivity index (χ2v) is 20.7. The van der Waals surface area contributed by atoms with E-state index in [9.17, 15) is 78.1 Å². The third-order valence-electron chi connectivity index (χ3n) is 13.6. The molecule has 5 rings (SSSR count). The number of hydrogen-bond donors (Lipinski definition) is 13. The van der Waals surface area contributed by atoms with Crippen molar-refractivity contribution in [2.75, 3.05) is 26.4 Å². The highest BCUT2D eigenvalue weighted by Gasteiger charge is 2.56. The summed E-state index contributed by atoms with van der Waals surface area (Å²) in [6.45, 7) is 1.23. The highest BCUT2D eigenvalue weighted by atomic mass is 32.3. The van der Waals surface area contributed by atoms with Gasteiger partial charge in [-0.15, -0.1) is 0 Å². The largest absolute Gasteiger partial charge is 0.726 e. The Morgan fingerprint density at radius 2 is 1.00 bits per heavy atom. The first-order valence-corrected chi connectivity index (χ1v) is 27.3. The molecule has 28 nitrogen and oxygen atoms in total. The van der Waals surface area contributed by atoms with Gasteiger partial charge in [0.1, 0.15) is 97.4 Å². The van der Waals surface area contributed by atoms with Crippen molar-refractivity contribution in [3.63, 3.8) is 0 Å². The molecular weight excluding hydrogens is 1060 g/mol. The maximum atomic E-state index is 13.7. The van der Waals surface area contributed by atoms with E-state index in [1.54, 1.807) is 24.3 Å². The lowest BCUT2D eigenvalue weighted by Crippen LogP contribution is -2.71. The van der Waals surface area contributed by atoms with Crippen LogP contribution < -0.4 is 21.3 Å². The van der Waals surface area contributed by atoms with Gasteiger partial charge in [-0.25, -0.2) is 8.42 Å². The maximum absolute atomic E-state index is 13.7. The average Bonchev–Trinajstić information content (AvgIpc) is 3.43. The lowest BCUT2D eigenvalue weighted by Gasteiger charge is -2.51. The summed E-state index contributed by atoms with van der Waals surface area (Å²) in [7, 11) is -5.41. The van der Waals surface area contributed by atoms with E-state index >= 15 is 0 Å². The molecule has 78 heavy (non-hydrogen) atoms. The fourth-order valence-electron chi connectivity index (χ4n) is 9.65. The summed E-state index contributed by atoms with van der Waals surface area (Å²) in [5.41, 5.74) is 1.14. The third kappa shape index (κ3) is 18.0. The summed E-state index contributed by atoms with van der Waals surface area (Å²) >= 11 is 0. The number of rotatable bonds is 27. The van der Waals surface area contributed by atoms with Gasteiger partial charge in [0.25, 0.3) is 5.91 Å². The SMILES string of the molecule is CCCCCC/C=C\CCCCc1ccc(C(=O)NC2[C@H](O[C@H]3C(O)C(NC(C)=O)[C@H](O[C@@H]4C(CO)O[C@@H](O[C@H]5C(O)C(NC(C)=O)[C@H](O)O[C@H]5COS(=O)(=O)[O-])C(NC(C)=O)[C@H]4O)O[C@H]3CO)OC(CO)[C@@H](O)[C@@H]2O)cc1. The molecule has 0 radical (unpaired) electrons. The second kappa shape index (κ2) is 30.8. The zero-order chi connectivity index (χ0) is 57.4. The Kier molecular flexibility index (Phi) is 25.6. The molecule has 0 aromatic heterocycles. The first-order valence-electron chi connectivity index (χ1n) is 26.0. The van der Waals surface area contributed by atoms with Crippen molar-refractivity contribution in [1.29, 1.82) is 0 Å². The third-order valence-corrected chi connectivity index (χ3v) is 14.1. The van der Waals surface area contributed by atoms with E-state index < -0.39 is 183 Å². The molecule has 0 aliphatic carbocycles. The molecule has 8 unspecified atom stereocenters. The normalized spacial score (nSPS) is 35.5. The van der Waals surface area contributed by atoms with Gasteiger partial charge in [-0.1, -0.05) is 50.5 Å². The summed E-state index contributed by atoms with van der Waals surface area (Å²) in [6.07, 6.45) is -15.5. The van der Waals surface area contributed by atoms with Gasteiger partial charge in [0, 0.05) is 26.3 Å². The van der Waals surface area contributed by atoms with Crippen molar-refractivity contribution in [2.24, 2.45) is 0 Å². The van der Waals surface area contributed by atoms with Crippen LogP contribution in [0.4, 0.5) is 0 Å². The van der Waals surface area contributed by atoms with Gasteiger partial charge in [0.05, 0.1) is 26.4 Å². The molecule has 0 bridgehead atoms. The number of unbranched alkanes of at least 4 members (excludes halogenated alkanes) is 6. The van der Waals surface area contributed by atoms with Crippen LogP contribution in [0.2, 0.25) is 0 Å². The number of amides is 4. The molecule has 13 N–H and O–H groups in total. The molecule has 4 heterocycles. The highest BCUT2D eigenvalue weighted by molar-refractivity contribution is 7.80. The van der Waals surface area contributed by atoms with E-state index in [0.29, 0.717) is 0 Å². The predicted octanol–water partition coefficient (Wildman–Crippen LogP) is -4.16. The Balaban J connectivity index is 1.33. The molecule has 0 saturated carbocycles. The topological polar surface area (TPSA) is 430 Å². The standard InChI is InChI=1S/C49H78N4O24S/c1-5-6-7-8-9-10-11-12-13-14-15-27-16-18-28(19-17-27)45(65)53-34-38(61)37(60)29(20-54)72-47(34)75-42-30(21-55)73-48(35(40(42)63)51-25(3)58)76-43-31(22-56)74-49(36(41(43)64)52-26(4)59)77-44-32(23-70-78(67,68)69)71-46(66)33(39(44)62)50-24(2)57/h10-11,16-19,29-44,46-49,54-56,60-64,66H,5-9,12-15,20-23H2,1-4H3,(H,50,57)(H,51,58)(H,52,59)(H,53,65)(H,67,68,69)/p-1/b11-10-/t29?,30-,31?,32-,33?,34?,35?,36?,37+,38+,39?,40?,41+,42+,43+,44+,46+,47-,48-,49-/m0/s1. The van der Waals surface area contributed by atoms with Gasteiger partial charge in [0.2, 0.25) is 28.1 Å². The average molecular weight is 1140 g/mol. The number of aliphatic hydroxyl groups excluding tert-OH is 9. The van der Waals surface area contributed by atoms with Gasteiger partial charge in [-0.3, -0.25) is 23.4 Å². The number of ether oxygens (including phenoxy) is 7. The molecule has 20 atom stereocenters. The lowest BCUT2D eigenvalue weighted by molar-refractivity contribution is -0.361. The van der Waals surface area contributed by atoms with Crippen molar-refractivity contribution in [3.8, 4) is 0 Å². The summed E-state index contributed by atoms with van der Waals surface area (Å²) < 4.78 is 79.8. The van der Waals surface area contributed by atoms with Gasteiger partial charge >= 0.3 is 0 Å². The minimum atomic E-state index is -5.41. The summed E-state index contributed by atoms with van der Waals surface area (Å²) in [6, 6.07) is -0.0342. The van der Waals surface area contributed by atoms with Gasteiger partial charge in [-0.2, -0.15) is 0 Å². The number of hydrogen-bond acceptors (Lipinski definition) is 24. The molecule has 29 heteroatoms. The van der Waals surface area contributed by atoms with Gasteiger partial charge in [0.15, 0.2) is 25.2 Å². The molecule has 4 saturated heterocycles. The van der Waals surface area contributed by atoms with Crippen LogP contribution in [-0.4, -0.2) is 232 Å². The number of aryl methyl sites for hydroxylation is 1. The molecule has 4 aliphatic rings. The number of benzene rings is 1. The van der Waals surface area contributed by atoms with Crippen LogP contribution in [0.15, 0.2) is 36.4 Å². The molecule has 4 fully saturated rings. The number of nitrogens with one attached hydrogen (secondary N) is 4. The smallest absolute Gasteiger partial charge is 0.251 e. The molecule has 1 aromatic rings. The highest BCUT2D eigenvalue weighted by Crippen LogP contribution is 2.35. The van der Waals surface area contributed by atoms with E-state index in [2.05, 4.69) is 44.5 Å². The molecule has 1 aromatic carbocycles. The summed E-state index contributed by atoms with van der Waals surface area (Å²) in [5.74, 6) is -3.15. The first-order chi connectivity index (χ1) is 37.0. The Morgan fingerprint density at radius 1 is 0.564 bits per heavy atom. The Morgan fingerprint density at radius 3 is 1.46 bits per heavy atom. The van der Waals surface area contributed by atoms with E-state index in [1.165, 1.54) is 25.7 Å². The van der Waals surface area contributed by atoms with Crippen molar-refractivity contribution >= 4 is 34.0 Å². The van der Waals surface area contributed by atoms with Crippen LogP contribution in [0.25, 0.3) is 0 Å². The second-order valence-electron chi connectivity index (χ2n) is 19.6. The summed E-state index contributed by atoms with van der Waals surface area (Å²) in [4.78, 5) is 51.0. The Hall–Kier alpha value is -3.93. The van der Waals surface area contributed by atoms with Crippen LogP contribution in [-0.2, 0) is 68.5 Å². The van der Waals surface area contributed by atoms with Crippen LogP contribution in [0.1, 0.15) is 95.0 Å². The molecule has 0 spiro atoms. The van der Waals surface area contributed by atoms with Crippen molar-refractivity contribution in [3.05, 3.63) is 47.5 Å². The number of aliphatic hydroxyl groups is 9. The molecule has 444 valence electrons. The predicted molar refractivity (Wildman–Crippen MR) is 264 cm³/mol.